The molecular formula is C28H31N5O4. The van der Waals surface area contributed by atoms with Gasteiger partial charge in [-0.3, -0.25) is 0 Å². The van der Waals surface area contributed by atoms with Crippen molar-refractivity contribution in [3.05, 3.63) is 71.9 Å². The summed E-state index contributed by atoms with van der Waals surface area (Å²) >= 11 is 0. The quantitative estimate of drug-likeness (QED) is 0.296. The molecule has 0 atom stereocenters. The van der Waals surface area contributed by atoms with Crippen LogP contribution in [-0.2, 0) is 17.7 Å². The Morgan fingerprint density at radius 3 is 2.68 bits per heavy atom. The maximum atomic E-state index is 6.15. The number of hydrogen-bond acceptors (Lipinski definition) is 8. The number of benzene rings is 2. The molecule has 9 nitrogen and oxygen atoms in total. The number of nitrogens with zero attached hydrogens (tertiary/aromatic N) is 4. The first-order valence-electron chi connectivity index (χ1n) is 12.3. The van der Waals surface area contributed by atoms with E-state index >= 15 is 0 Å². The zero-order chi connectivity index (χ0) is 25.5. The molecule has 1 N–H and O–H groups in total. The lowest BCUT2D eigenvalue weighted by molar-refractivity contribution is 0.122. The first-order valence-corrected chi connectivity index (χ1v) is 12.3. The Balaban J connectivity index is 1.30. The lowest BCUT2D eigenvalue weighted by atomic mass is 10.1. The molecular weight excluding hydrogens is 470 g/mol. The summed E-state index contributed by atoms with van der Waals surface area (Å²) in [6.07, 6.45) is 2.69. The second-order valence-corrected chi connectivity index (χ2v) is 8.67. The van der Waals surface area contributed by atoms with E-state index in [0.29, 0.717) is 55.9 Å². The highest BCUT2D eigenvalue weighted by atomic mass is 16.5. The zero-order valence-electron chi connectivity index (χ0n) is 21.1. The van der Waals surface area contributed by atoms with E-state index in [4.69, 9.17) is 23.9 Å². The van der Waals surface area contributed by atoms with Crippen molar-refractivity contribution >= 4 is 22.5 Å². The molecule has 5 rings (SSSR count). The first kappa shape index (κ1) is 24.6. The van der Waals surface area contributed by atoms with Gasteiger partial charge in [0.15, 0.2) is 17.3 Å². The number of nitrogens with one attached hydrogen (secondary N) is 1. The van der Waals surface area contributed by atoms with Crippen molar-refractivity contribution in [2.45, 2.75) is 13.0 Å². The maximum absolute atomic E-state index is 6.15. The third kappa shape index (κ3) is 6.00. The Hall–Kier alpha value is -4.11. The Kier molecular flexibility index (Phi) is 7.81. The van der Waals surface area contributed by atoms with E-state index in [2.05, 4.69) is 32.2 Å². The number of morpholine rings is 1. The minimum atomic E-state index is 0.461. The Morgan fingerprint density at radius 1 is 1.00 bits per heavy atom. The maximum Gasteiger partial charge on any atom is 0.179 e. The molecule has 0 bridgehead atoms. The number of anilines is 1. The molecule has 1 aliphatic heterocycles. The van der Waals surface area contributed by atoms with Crippen LogP contribution in [0.15, 0.2) is 71.0 Å². The molecule has 2 aromatic carbocycles. The predicted octanol–water partition coefficient (Wildman–Crippen LogP) is 5.32. The molecule has 0 spiro atoms. The fourth-order valence-corrected chi connectivity index (χ4v) is 4.34. The number of rotatable bonds is 10. The van der Waals surface area contributed by atoms with E-state index in [1.54, 1.807) is 14.2 Å². The van der Waals surface area contributed by atoms with Gasteiger partial charge in [0, 0.05) is 54.3 Å². The van der Waals surface area contributed by atoms with E-state index in [0.717, 1.165) is 40.9 Å². The number of aromatic amines is 1. The summed E-state index contributed by atoms with van der Waals surface area (Å²) in [7, 11) is 3.27. The highest BCUT2D eigenvalue weighted by Crippen LogP contribution is 2.29. The number of fused-ring (bicyclic) bond motifs is 1. The van der Waals surface area contributed by atoms with Crippen LogP contribution in [0.2, 0.25) is 0 Å². The summed E-state index contributed by atoms with van der Waals surface area (Å²) in [5.41, 5.74) is 3.28. The van der Waals surface area contributed by atoms with E-state index < -0.39 is 0 Å². The second kappa shape index (κ2) is 11.7. The molecule has 3 heterocycles. The van der Waals surface area contributed by atoms with Crippen LogP contribution >= 0.6 is 0 Å². The van der Waals surface area contributed by atoms with Gasteiger partial charge in [-0.05, 0) is 23.8 Å². The third-order valence-corrected chi connectivity index (χ3v) is 6.30. The smallest absolute Gasteiger partial charge is 0.179 e. The van der Waals surface area contributed by atoms with Gasteiger partial charge < -0.3 is 28.8 Å². The summed E-state index contributed by atoms with van der Waals surface area (Å²) in [6.45, 7) is 3.84. The Labute approximate surface area is 216 Å². The summed E-state index contributed by atoms with van der Waals surface area (Å²) < 4.78 is 22.4. The summed E-state index contributed by atoms with van der Waals surface area (Å²) in [6, 6.07) is 17.8. The number of H-pyrrole nitrogens is 1. The highest BCUT2D eigenvalue weighted by Gasteiger charge is 2.15. The molecule has 1 saturated heterocycles. The normalized spacial score (nSPS) is 13.8. The van der Waals surface area contributed by atoms with Crippen molar-refractivity contribution in [2.24, 2.45) is 10.2 Å². The van der Waals surface area contributed by atoms with Crippen LogP contribution in [-0.4, -0.2) is 57.1 Å². The average molecular weight is 502 g/mol. The van der Waals surface area contributed by atoms with Crippen LogP contribution in [0.25, 0.3) is 10.9 Å². The number of methoxy groups -OCH3 is 2. The van der Waals surface area contributed by atoms with Crippen LogP contribution in [0.4, 0.5) is 11.6 Å². The first-order chi connectivity index (χ1) is 18.2. The number of hydrogen-bond donors (Lipinski definition) is 1. The molecule has 0 saturated carbocycles. The largest absolute Gasteiger partial charge is 0.493 e. The molecule has 9 heteroatoms. The van der Waals surface area contributed by atoms with E-state index in [1.807, 2.05) is 48.7 Å². The monoisotopic (exact) mass is 501 g/mol. The summed E-state index contributed by atoms with van der Waals surface area (Å²) in [5.74, 6) is 3.45. The molecule has 1 aliphatic rings. The van der Waals surface area contributed by atoms with Gasteiger partial charge in [0.05, 0.1) is 40.6 Å². The SMILES string of the molecule is COc1ccc(CCOc2cc(N=NCc3c[nH]c4ccccc34)nc(N3CCOCC3)c2)cc1OC. The molecule has 37 heavy (non-hydrogen) atoms. The molecule has 0 unspecified atom stereocenters. The van der Waals surface area contributed by atoms with Crippen LogP contribution in [0.1, 0.15) is 11.1 Å². The van der Waals surface area contributed by atoms with Crippen LogP contribution < -0.4 is 19.1 Å². The average Bonchev–Trinajstić information content (AvgIpc) is 3.36. The van der Waals surface area contributed by atoms with Crippen molar-refractivity contribution < 1.29 is 18.9 Å². The van der Waals surface area contributed by atoms with Crippen LogP contribution in [0.3, 0.4) is 0 Å². The predicted molar refractivity (Wildman–Crippen MR) is 143 cm³/mol. The van der Waals surface area contributed by atoms with Gasteiger partial charge in [-0.1, -0.05) is 24.3 Å². The van der Waals surface area contributed by atoms with Crippen molar-refractivity contribution in [3.8, 4) is 17.2 Å². The fraction of sp³-hybridized carbons (Fsp3) is 0.321. The lowest BCUT2D eigenvalue weighted by Gasteiger charge is -2.28. The van der Waals surface area contributed by atoms with Crippen LogP contribution in [0, 0.1) is 0 Å². The topological polar surface area (TPSA) is 93.6 Å². The molecule has 0 aliphatic carbocycles. The summed E-state index contributed by atoms with van der Waals surface area (Å²) in [4.78, 5) is 10.2. The fourth-order valence-electron chi connectivity index (χ4n) is 4.34. The van der Waals surface area contributed by atoms with Gasteiger partial charge in [0.2, 0.25) is 0 Å². The van der Waals surface area contributed by atoms with E-state index in [1.165, 1.54) is 0 Å². The van der Waals surface area contributed by atoms with E-state index in [9.17, 15) is 0 Å². The van der Waals surface area contributed by atoms with E-state index in [-0.39, 0.29) is 0 Å². The number of ether oxygens (including phenoxy) is 4. The second-order valence-electron chi connectivity index (χ2n) is 8.67. The Bertz CT molecular complexity index is 1360. The van der Waals surface area contributed by atoms with Crippen molar-refractivity contribution in [2.75, 3.05) is 52.0 Å². The lowest BCUT2D eigenvalue weighted by Crippen LogP contribution is -2.36. The van der Waals surface area contributed by atoms with Crippen molar-refractivity contribution in [1.29, 1.82) is 0 Å². The third-order valence-electron chi connectivity index (χ3n) is 6.30. The molecule has 4 aromatic rings. The number of para-hydroxylation sites is 1. The minimum absolute atomic E-state index is 0.461. The minimum Gasteiger partial charge on any atom is -0.493 e. The van der Waals surface area contributed by atoms with Gasteiger partial charge in [-0.2, -0.15) is 5.11 Å². The molecule has 1 fully saturated rings. The summed E-state index contributed by atoms with van der Waals surface area (Å²) in [5, 5.41) is 10.0. The van der Waals surface area contributed by atoms with Gasteiger partial charge in [0.1, 0.15) is 11.6 Å². The highest BCUT2D eigenvalue weighted by molar-refractivity contribution is 5.82. The van der Waals surface area contributed by atoms with Gasteiger partial charge >= 0.3 is 0 Å². The molecule has 2 aromatic heterocycles. The van der Waals surface area contributed by atoms with Crippen LogP contribution in [0.5, 0.6) is 17.2 Å². The van der Waals surface area contributed by atoms with Crippen molar-refractivity contribution in [3.63, 3.8) is 0 Å². The standard InChI is InChI=1S/C28H31N5O4/c1-34-25-8-7-20(15-26(25)35-2)9-12-37-22-16-27(31-28(17-22)33-10-13-36-14-11-33)32-30-19-21-18-29-24-6-4-3-5-23(21)24/h3-8,15-18,29H,9-14,19H2,1-2H3. The Morgan fingerprint density at radius 2 is 1.84 bits per heavy atom. The molecule has 192 valence electrons. The number of pyridine rings is 1. The number of azo groups is 1. The number of aromatic nitrogens is 2. The van der Waals surface area contributed by atoms with Gasteiger partial charge in [0.25, 0.3) is 0 Å². The molecule has 0 amide bonds. The van der Waals surface area contributed by atoms with Gasteiger partial charge in [-0.25, -0.2) is 4.98 Å². The van der Waals surface area contributed by atoms with Crippen molar-refractivity contribution in [1.82, 2.24) is 9.97 Å². The molecule has 0 radical (unpaired) electrons. The van der Waals surface area contributed by atoms with Gasteiger partial charge in [-0.15, -0.1) is 5.11 Å². The zero-order valence-corrected chi connectivity index (χ0v) is 21.1.